The Bertz CT molecular complexity index is 678. The quantitative estimate of drug-likeness (QED) is 0.757. The third kappa shape index (κ3) is 4.17. The van der Waals surface area contributed by atoms with Crippen molar-refractivity contribution in [1.82, 2.24) is 20.4 Å². The minimum atomic E-state index is -0.740. The second-order valence-electron chi connectivity index (χ2n) is 6.22. The molecule has 2 aromatic rings. The van der Waals surface area contributed by atoms with Crippen LogP contribution in [0.1, 0.15) is 55.1 Å². The first-order chi connectivity index (χ1) is 11.3. The lowest BCUT2D eigenvalue weighted by Gasteiger charge is -2.20. The van der Waals surface area contributed by atoms with Crippen LogP contribution in [0.25, 0.3) is 0 Å². The smallest absolute Gasteiger partial charge is 0.315 e. The van der Waals surface area contributed by atoms with Crippen molar-refractivity contribution in [1.29, 1.82) is 0 Å². The number of carbonyl (C=O) groups excluding carboxylic acids is 1. The minimum absolute atomic E-state index is 0.152. The summed E-state index contributed by atoms with van der Waals surface area (Å²) in [5.74, 6) is 0.499. The van der Waals surface area contributed by atoms with Gasteiger partial charge in [0.15, 0.2) is 0 Å². The Hall–Kier alpha value is -2.28. The van der Waals surface area contributed by atoms with Gasteiger partial charge in [-0.2, -0.15) is 5.10 Å². The normalized spacial score (nSPS) is 14.9. The van der Waals surface area contributed by atoms with Crippen molar-refractivity contribution in [2.75, 3.05) is 0 Å². The molecule has 2 aromatic heterocycles. The number of carbonyl (C=O) groups is 1. The van der Waals surface area contributed by atoms with Crippen LogP contribution in [0.3, 0.4) is 0 Å². The molecule has 3 N–H and O–H groups in total. The van der Waals surface area contributed by atoms with Gasteiger partial charge in [-0.25, -0.2) is 4.79 Å². The van der Waals surface area contributed by atoms with Gasteiger partial charge in [-0.15, -0.1) is 0 Å². The molecular weight excluding hydrogens is 308 g/mol. The Morgan fingerprint density at radius 2 is 2.08 bits per heavy atom. The van der Waals surface area contributed by atoms with Crippen LogP contribution >= 0.6 is 0 Å². The zero-order valence-corrected chi connectivity index (χ0v) is 14.8. The monoisotopic (exact) mass is 334 g/mol. The molecule has 0 saturated carbocycles. The molecule has 0 aliphatic heterocycles. The second-order valence-corrected chi connectivity index (χ2v) is 6.22. The molecule has 0 aliphatic rings. The Balaban J connectivity index is 1.88. The summed E-state index contributed by atoms with van der Waals surface area (Å²) in [6.07, 6.45) is 1.15. The molecule has 2 heterocycles. The van der Waals surface area contributed by atoms with Crippen LogP contribution in [-0.2, 0) is 7.05 Å². The van der Waals surface area contributed by atoms with Gasteiger partial charge in [0, 0.05) is 30.8 Å². The number of aliphatic hydroxyl groups is 1. The van der Waals surface area contributed by atoms with Crippen LogP contribution in [0.5, 0.6) is 0 Å². The molecule has 0 aliphatic carbocycles. The van der Waals surface area contributed by atoms with Gasteiger partial charge in [0.05, 0.1) is 18.0 Å². The highest BCUT2D eigenvalue weighted by molar-refractivity contribution is 5.74. The first kappa shape index (κ1) is 18.1. The third-order valence-electron chi connectivity index (χ3n) is 4.17. The highest BCUT2D eigenvalue weighted by Gasteiger charge is 2.20. The molecular formula is C17H26N4O3. The van der Waals surface area contributed by atoms with Gasteiger partial charge in [-0.3, -0.25) is 4.68 Å². The van der Waals surface area contributed by atoms with Crippen molar-refractivity contribution in [2.45, 2.75) is 52.3 Å². The lowest BCUT2D eigenvalue weighted by atomic mass is 10.1. The highest BCUT2D eigenvalue weighted by Crippen LogP contribution is 2.21. The fourth-order valence-electron chi connectivity index (χ4n) is 2.94. The van der Waals surface area contributed by atoms with Crippen molar-refractivity contribution < 1.29 is 14.3 Å². The van der Waals surface area contributed by atoms with Crippen molar-refractivity contribution in [2.24, 2.45) is 7.05 Å². The molecule has 0 radical (unpaired) electrons. The molecule has 7 nitrogen and oxygen atoms in total. The predicted octanol–water partition coefficient (Wildman–Crippen LogP) is 2.50. The molecule has 3 unspecified atom stereocenters. The van der Waals surface area contributed by atoms with Gasteiger partial charge in [0.25, 0.3) is 0 Å². The van der Waals surface area contributed by atoms with Gasteiger partial charge in [0.2, 0.25) is 0 Å². The van der Waals surface area contributed by atoms with Crippen LogP contribution < -0.4 is 10.6 Å². The number of furan rings is 1. The van der Waals surface area contributed by atoms with E-state index in [1.165, 1.54) is 6.26 Å². The first-order valence-corrected chi connectivity index (χ1v) is 8.08. The average Bonchev–Trinajstić information content (AvgIpc) is 3.07. The predicted molar refractivity (Wildman–Crippen MR) is 90.5 cm³/mol. The van der Waals surface area contributed by atoms with Crippen molar-refractivity contribution in [3.63, 3.8) is 0 Å². The number of aromatic nitrogens is 2. The number of aliphatic hydroxyl groups excluding tert-OH is 1. The molecule has 3 atom stereocenters. The number of nitrogens with one attached hydrogen (secondary N) is 2. The number of urea groups is 1. The van der Waals surface area contributed by atoms with Gasteiger partial charge in [0.1, 0.15) is 11.9 Å². The Kier molecular flexibility index (Phi) is 5.66. The Morgan fingerprint density at radius 3 is 2.62 bits per heavy atom. The van der Waals surface area contributed by atoms with E-state index in [4.69, 9.17) is 4.42 Å². The Labute approximate surface area is 142 Å². The third-order valence-corrected chi connectivity index (χ3v) is 4.17. The zero-order valence-electron chi connectivity index (χ0n) is 14.8. The van der Waals surface area contributed by atoms with E-state index in [1.807, 2.05) is 39.4 Å². The van der Waals surface area contributed by atoms with Gasteiger partial charge < -0.3 is 20.2 Å². The molecule has 0 spiro atoms. The summed E-state index contributed by atoms with van der Waals surface area (Å²) < 4.78 is 6.97. The van der Waals surface area contributed by atoms with E-state index in [0.717, 1.165) is 17.0 Å². The van der Waals surface area contributed by atoms with Crippen molar-refractivity contribution >= 4 is 6.03 Å². The second kappa shape index (κ2) is 7.53. The van der Waals surface area contributed by atoms with Crippen LogP contribution in [0.2, 0.25) is 0 Å². The first-order valence-electron chi connectivity index (χ1n) is 8.08. The molecule has 24 heavy (non-hydrogen) atoms. The summed E-state index contributed by atoms with van der Waals surface area (Å²) in [4.78, 5) is 12.2. The number of rotatable bonds is 6. The zero-order chi connectivity index (χ0) is 17.9. The summed E-state index contributed by atoms with van der Waals surface area (Å²) in [6, 6.07) is 2.82. The molecule has 2 rings (SSSR count). The van der Waals surface area contributed by atoms with E-state index in [-0.39, 0.29) is 18.1 Å². The topological polar surface area (TPSA) is 92.3 Å². The van der Waals surface area contributed by atoms with Crippen LogP contribution in [0.15, 0.2) is 22.8 Å². The van der Waals surface area contributed by atoms with Crippen LogP contribution in [-0.4, -0.2) is 27.0 Å². The van der Waals surface area contributed by atoms with Crippen molar-refractivity contribution in [3.05, 3.63) is 41.1 Å². The maximum absolute atomic E-state index is 12.2. The lowest BCUT2D eigenvalue weighted by molar-refractivity contribution is 0.129. The Morgan fingerprint density at radius 1 is 1.38 bits per heavy atom. The SMILES string of the molecule is Cc1nn(C)c(C)c1C(C)NC(=O)NC(C)CC(O)c1ccco1. The fourth-order valence-corrected chi connectivity index (χ4v) is 2.94. The van der Waals surface area contributed by atoms with Gasteiger partial charge in [-0.1, -0.05) is 0 Å². The largest absolute Gasteiger partial charge is 0.467 e. The number of aryl methyl sites for hydroxylation is 2. The number of hydrogen-bond donors (Lipinski definition) is 3. The summed E-state index contributed by atoms with van der Waals surface area (Å²) in [5.41, 5.74) is 2.96. The molecule has 0 saturated heterocycles. The standard InChI is InChI=1S/C17H26N4O3/c1-10(9-14(22)15-7-6-8-24-15)18-17(23)19-11(2)16-12(3)20-21(5)13(16)4/h6-8,10-11,14,22H,9H2,1-5H3,(H2,18,19,23). The van der Waals surface area contributed by atoms with E-state index < -0.39 is 6.10 Å². The fraction of sp³-hybridized carbons (Fsp3) is 0.529. The molecule has 132 valence electrons. The molecule has 7 heteroatoms. The minimum Gasteiger partial charge on any atom is -0.467 e. The van der Waals surface area contributed by atoms with Gasteiger partial charge >= 0.3 is 6.03 Å². The summed E-state index contributed by atoms with van der Waals surface area (Å²) in [5, 5.41) is 20.2. The molecule has 2 amide bonds. The van der Waals surface area contributed by atoms with Crippen LogP contribution in [0.4, 0.5) is 4.79 Å². The van der Waals surface area contributed by atoms with E-state index in [0.29, 0.717) is 12.2 Å². The maximum Gasteiger partial charge on any atom is 0.315 e. The van der Waals surface area contributed by atoms with E-state index >= 15 is 0 Å². The highest BCUT2D eigenvalue weighted by atomic mass is 16.4. The molecule has 0 fully saturated rings. The van der Waals surface area contributed by atoms with Gasteiger partial charge in [-0.05, 0) is 39.8 Å². The molecule has 0 aromatic carbocycles. The van der Waals surface area contributed by atoms with E-state index in [9.17, 15) is 9.90 Å². The van der Waals surface area contributed by atoms with E-state index in [2.05, 4.69) is 15.7 Å². The number of hydrogen-bond acceptors (Lipinski definition) is 4. The maximum atomic E-state index is 12.2. The average molecular weight is 334 g/mol. The summed E-state index contributed by atoms with van der Waals surface area (Å²) in [7, 11) is 1.89. The molecule has 0 bridgehead atoms. The van der Waals surface area contributed by atoms with Crippen LogP contribution in [0, 0.1) is 13.8 Å². The number of amides is 2. The summed E-state index contributed by atoms with van der Waals surface area (Å²) in [6.45, 7) is 7.68. The number of nitrogens with zero attached hydrogens (tertiary/aromatic N) is 2. The van der Waals surface area contributed by atoms with Crippen molar-refractivity contribution in [3.8, 4) is 0 Å². The summed E-state index contributed by atoms with van der Waals surface area (Å²) >= 11 is 0. The van der Waals surface area contributed by atoms with E-state index in [1.54, 1.807) is 12.1 Å². The lowest BCUT2D eigenvalue weighted by Crippen LogP contribution is -2.42.